The van der Waals surface area contributed by atoms with Crippen molar-refractivity contribution in [2.75, 3.05) is 0 Å². The minimum Gasteiger partial charge on any atom is -1.00 e. The first-order valence-electron chi connectivity index (χ1n) is 9.61. The van der Waals surface area contributed by atoms with Crippen molar-refractivity contribution in [1.82, 2.24) is 14.8 Å². The first-order valence-corrected chi connectivity index (χ1v) is 10.6. The van der Waals surface area contributed by atoms with Gasteiger partial charge in [-0.2, -0.15) is 0 Å². The molecule has 0 atom stereocenters. The van der Waals surface area contributed by atoms with Gasteiger partial charge in [0.25, 0.3) is 0 Å². The molecule has 0 aliphatic heterocycles. The number of nitrogens with zero attached hydrogens (tertiary/aromatic N) is 3. The lowest BCUT2D eigenvalue weighted by molar-refractivity contribution is -0.00000620. The molecule has 28 heavy (non-hydrogen) atoms. The Morgan fingerprint density at radius 1 is 1.04 bits per heavy atom. The molecule has 0 saturated heterocycles. The molecule has 0 bridgehead atoms. The predicted molar refractivity (Wildman–Crippen MR) is 108 cm³/mol. The third-order valence-corrected chi connectivity index (χ3v) is 6.18. The zero-order valence-corrected chi connectivity index (χ0v) is 18.3. The standard InChI is InChI=1S/C22H24FN3S.BrH/c1-16-8-7-12-19(14-16)26-21(17-9-3-2-4-10-17)24-25-22(26)27-15-18-11-5-6-13-20(18)23;/h5-8,11-14,17H,2-4,9-10,15H2,1H3;1H/p-1. The van der Waals surface area contributed by atoms with Crippen LogP contribution >= 0.6 is 11.8 Å². The van der Waals surface area contributed by atoms with Gasteiger partial charge >= 0.3 is 0 Å². The van der Waals surface area contributed by atoms with Gasteiger partial charge in [0.1, 0.15) is 11.6 Å². The average Bonchev–Trinajstić information content (AvgIpc) is 3.12. The largest absolute Gasteiger partial charge is 1.00 e. The maximum atomic E-state index is 14.0. The Bertz CT molecular complexity index is 922. The lowest BCUT2D eigenvalue weighted by atomic mass is 9.88. The van der Waals surface area contributed by atoms with Gasteiger partial charge in [-0.1, -0.05) is 61.4 Å². The Hall–Kier alpha value is -1.66. The molecule has 1 heterocycles. The Labute approximate surface area is 180 Å². The van der Waals surface area contributed by atoms with E-state index < -0.39 is 0 Å². The van der Waals surface area contributed by atoms with Gasteiger partial charge in [-0.3, -0.25) is 4.57 Å². The molecular formula is C22H24BrFN3S-. The summed E-state index contributed by atoms with van der Waals surface area (Å²) in [5.41, 5.74) is 3.00. The fraction of sp³-hybridized carbons (Fsp3) is 0.364. The Morgan fingerprint density at radius 2 is 1.82 bits per heavy atom. The molecule has 4 rings (SSSR count). The molecule has 1 aromatic heterocycles. The molecule has 1 fully saturated rings. The number of hydrogen-bond acceptors (Lipinski definition) is 3. The van der Waals surface area contributed by atoms with E-state index >= 15 is 0 Å². The summed E-state index contributed by atoms with van der Waals surface area (Å²) in [5, 5.41) is 9.91. The highest BCUT2D eigenvalue weighted by molar-refractivity contribution is 7.98. The normalized spacial score (nSPS) is 14.6. The van der Waals surface area contributed by atoms with E-state index in [4.69, 9.17) is 0 Å². The first-order chi connectivity index (χ1) is 13.2. The van der Waals surface area contributed by atoms with E-state index in [1.54, 1.807) is 17.8 Å². The van der Waals surface area contributed by atoms with Crippen molar-refractivity contribution in [2.45, 2.75) is 55.9 Å². The Morgan fingerprint density at radius 3 is 2.57 bits per heavy atom. The summed E-state index contributed by atoms with van der Waals surface area (Å²) in [7, 11) is 0. The van der Waals surface area contributed by atoms with Crippen LogP contribution in [0.4, 0.5) is 4.39 Å². The summed E-state index contributed by atoms with van der Waals surface area (Å²) < 4.78 is 16.2. The van der Waals surface area contributed by atoms with E-state index in [9.17, 15) is 4.39 Å². The lowest BCUT2D eigenvalue weighted by Crippen LogP contribution is -3.00. The molecule has 148 valence electrons. The van der Waals surface area contributed by atoms with Gasteiger partial charge in [0.2, 0.25) is 0 Å². The molecule has 1 saturated carbocycles. The fourth-order valence-corrected chi connectivity index (χ4v) is 4.71. The highest BCUT2D eigenvalue weighted by Gasteiger charge is 2.24. The molecule has 3 aromatic rings. The molecule has 6 heteroatoms. The van der Waals surface area contributed by atoms with Crippen molar-refractivity contribution in [1.29, 1.82) is 0 Å². The smallest absolute Gasteiger partial charge is 0.196 e. The molecule has 0 spiro atoms. The van der Waals surface area contributed by atoms with Crippen LogP contribution in [0.1, 0.15) is 55.0 Å². The first kappa shape index (κ1) is 21.1. The van der Waals surface area contributed by atoms with E-state index in [1.165, 1.54) is 43.7 Å². The fourth-order valence-electron chi connectivity index (χ4n) is 3.77. The number of thioether (sulfide) groups is 1. The molecule has 1 aliphatic rings. The Balaban J connectivity index is 0.00000225. The zero-order chi connectivity index (χ0) is 18.6. The van der Waals surface area contributed by atoms with Crippen LogP contribution in [-0.2, 0) is 5.75 Å². The summed E-state index contributed by atoms with van der Waals surface area (Å²) in [6, 6.07) is 15.4. The van der Waals surface area contributed by atoms with Crippen molar-refractivity contribution in [2.24, 2.45) is 0 Å². The molecule has 3 nitrogen and oxygen atoms in total. The van der Waals surface area contributed by atoms with Crippen LogP contribution < -0.4 is 17.0 Å². The number of halogens is 2. The molecule has 0 unspecified atom stereocenters. The second-order valence-corrected chi connectivity index (χ2v) is 8.17. The van der Waals surface area contributed by atoms with Crippen molar-refractivity contribution >= 4 is 11.8 Å². The number of aryl methyl sites for hydroxylation is 1. The van der Waals surface area contributed by atoms with Crippen LogP contribution in [0.15, 0.2) is 53.7 Å². The quantitative estimate of drug-likeness (QED) is 0.548. The van der Waals surface area contributed by atoms with Crippen molar-refractivity contribution in [3.05, 3.63) is 71.3 Å². The van der Waals surface area contributed by atoms with Gasteiger partial charge in [-0.15, -0.1) is 10.2 Å². The molecule has 0 radical (unpaired) electrons. The van der Waals surface area contributed by atoms with E-state index in [1.807, 2.05) is 12.1 Å². The van der Waals surface area contributed by atoms with Crippen LogP contribution in [0.5, 0.6) is 0 Å². The summed E-state index contributed by atoms with van der Waals surface area (Å²) in [4.78, 5) is 0. The van der Waals surface area contributed by atoms with Gasteiger partial charge < -0.3 is 17.0 Å². The van der Waals surface area contributed by atoms with Gasteiger partial charge in [-0.05, 0) is 49.1 Å². The highest BCUT2D eigenvalue weighted by Crippen LogP contribution is 2.35. The summed E-state index contributed by atoms with van der Waals surface area (Å²) in [6.07, 6.45) is 6.15. The minimum atomic E-state index is -0.167. The zero-order valence-electron chi connectivity index (χ0n) is 15.9. The maximum Gasteiger partial charge on any atom is 0.196 e. The third-order valence-electron chi connectivity index (χ3n) is 5.20. The molecule has 0 amide bonds. The van der Waals surface area contributed by atoms with E-state index in [0.717, 1.165) is 16.7 Å². The molecule has 0 N–H and O–H groups in total. The highest BCUT2D eigenvalue weighted by atomic mass is 79.9. The van der Waals surface area contributed by atoms with E-state index in [-0.39, 0.29) is 22.8 Å². The summed E-state index contributed by atoms with van der Waals surface area (Å²) in [5.74, 6) is 1.88. The van der Waals surface area contributed by atoms with Crippen molar-refractivity contribution < 1.29 is 21.4 Å². The summed E-state index contributed by atoms with van der Waals surface area (Å²) >= 11 is 1.55. The topological polar surface area (TPSA) is 30.7 Å². The van der Waals surface area contributed by atoms with Crippen LogP contribution in [0, 0.1) is 12.7 Å². The van der Waals surface area contributed by atoms with Crippen molar-refractivity contribution in [3.8, 4) is 5.69 Å². The number of benzene rings is 2. The SMILES string of the molecule is Cc1cccc(-n2c(SCc3ccccc3F)nnc2C2CCCCC2)c1.[Br-]. The lowest BCUT2D eigenvalue weighted by Gasteiger charge is -2.22. The molecule has 1 aliphatic carbocycles. The van der Waals surface area contributed by atoms with E-state index in [2.05, 4.69) is 46.0 Å². The van der Waals surface area contributed by atoms with Crippen LogP contribution in [0.25, 0.3) is 5.69 Å². The summed E-state index contributed by atoms with van der Waals surface area (Å²) in [6.45, 7) is 2.10. The number of rotatable bonds is 5. The van der Waals surface area contributed by atoms with Gasteiger partial charge in [-0.25, -0.2) is 4.39 Å². The second-order valence-electron chi connectivity index (χ2n) is 7.23. The van der Waals surface area contributed by atoms with Gasteiger partial charge in [0, 0.05) is 17.4 Å². The van der Waals surface area contributed by atoms with Crippen LogP contribution in [0.2, 0.25) is 0 Å². The minimum absolute atomic E-state index is 0. The van der Waals surface area contributed by atoms with Gasteiger partial charge in [0.05, 0.1) is 0 Å². The van der Waals surface area contributed by atoms with Crippen molar-refractivity contribution in [3.63, 3.8) is 0 Å². The maximum absolute atomic E-state index is 14.0. The number of hydrogen-bond donors (Lipinski definition) is 0. The average molecular weight is 461 g/mol. The monoisotopic (exact) mass is 460 g/mol. The van der Waals surface area contributed by atoms with Gasteiger partial charge in [0.15, 0.2) is 5.16 Å². The third kappa shape index (κ3) is 4.66. The second kappa shape index (κ2) is 9.70. The van der Waals surface area contributed by atoms with Crippen LogP contribution in [0.3, 0.4) is 0 Å². The molecular weight excluding hydrogens is 437 g/mol. The van der Waals surface area contributed by atoms with Crippen LogP contribution in [-0.4, -0.2) is 14.8 Å². The molecule has 2 aromatic carbocycles. The number of aromatic nitrogens is 3. The predicted octanol–water partition coefficient (Wildman–Crippen LogP) is 3.06. The van der Waals surface area contributed by atoms with E-state index in [0.29, 0.717) is 17.2 Å². The Kier molecular flexibility index (Phi) is 7.30.